The molecule has 1 aliphatic heterocycles. The third-order valence-corrected chi connectivity index (χ3v) is 10.0. The molecule has 7 aromatic carbocycles. The molecule has 0 saturated heterocycles. The quantitative estimate of drug-likeness (QED) is 0.196. The SMILES string of the molecule is c1ccc(C2=NC(n3c4ccccc4c4cc(-c5ccc6c(c5)c5ccccc5n6-c5ccccc5)ccc43)NC(c3ccccc3)N2)cc1. The molecule has 5 nitrogen and oxygen atoms in total. The summed E-state index contributed by atoms with van der Waals surface area (Å²) in [4.78, 5) is 5.30. The van der Waals surface area contributed by atoms with Crippen molar-refractivity contribution in [3.05, 3.63) is 187 Å². The predicted octanol–water partition coefficient (Wildman–Crippen LogP) is 10.4. The Balaban J connectivity index is 1.13. The number of nitrogens with one attached hydrogen (secondary N) is 2. The van der Waals surface area contributed by atoms with E-state index < -0.39 is 0 Å². The van der Waals surface area contributed by atoms with Crippen LogP contribution in [0.5, 0.6) is 0 Å². The molecule has 5 heteroatoms. The smallest absolute Gasteiger partial charge is 0.184 e. The Bertz CT molecular complexity index is 2710. The predicted molar refractivity (Wildman–Crippen MR) is 207 cm³/mol. The first kappa shape index (κ1) is 28.6. The van der Waals surface area contributed by atoms with Crippen molar-refractivity contribution in [1.29, 1.82) is 0 Å². The molecule has 2 aromatic heterocycles. The lowest BCUT2D eigenvalue weighted by Gasteiger charge is -2.33. The van der Waals surface area contributed by atoms with Crippen LogP contribution < -0.4 is 10.6 Å². The van der Waals surface area contributed by atoms with Crippen molar-refractivity contribution >= 4 is 49.4 Å². The fourth-order valence-electron chi connectivity index (χ4n) is 7.69. The summed E-state index contributed by atoms with van der Waals surface area (Å²) >= 11 is 0. The van der Waals surface area contributed by atoms with Gasteiger partial charge in [0.25, 0.3) is 0 Å². The Hall–Kier alpha value is -6.43. The van der Waals surface area contributed by atoms with Crippen LogP contribution in [0.1, 0.15) is 23.6 Å². The molecule has 2 atom stereocenters. The molecule has 0 bridgehead atoms. The summed E-state index contributed by atoms with van der Waals surface area (Å²) in [5, 5.41) is 12.4. The third-order valence-electron chi connectivity index (χ3n) is 10.0. The maximum absolute atomic E-state index is 5.30. The number of fused-ring (bicyclic) bond motifs is 6. The van der Waals surface area contributed by atoms with Crippen LogP contribution >= 0.6 is 0 Å². The van der Waals surface area contributed by atoms with Crippen LogP contribution in [0, 0.1) is 0 Å². The zero-order valence-electron chi connectivity index (χ0n) is 27.2. The summed E-state index contributed by atoms with van der Waals surface area (Å²) in [6.07, 6.45) is -0.445. The molecule has 10 rings (SSSR count). The van der Waals surface area contributed by atoms with Crippen molar-refractivity contribution in [2.75, 3.05) is 0 Å². The first-order chi connectivity index (χ1) is 24.8. The monoisotopic (exact) mass is 643 g/mol. The lowest BCUT2D eigenvalue weighted by molar-refractivity contribution is 0.341. The Kier molecular flexibility index (Phi) is 6.64. The van der Waals surface area contributed by atoms with Crippen LogP contribution in [0.25, 0.3) is 60.4 Å². The Labute approximate surface area is 289 Å². The molecule has 0 fully saturated rings. The van der Waals surface area contributed by atoms with Crippen LogP contribution in [-0.4, -0.2) is 15.0 Å². The molecule has 0 amide bonds. The minimum absolute atomic E-state index is 0.117. The second-order valence-corrected chi connectivity index (χ2v) is 12.9. The average molecular weight is 644 g/mol. The molecule has 1 aliphatic rings. The molecule has 0 spiro atoms. The van der Waals surface area contributed by atoms with Crippen molar-refractivity contribution in [2.45, 2.75) is 12.5 Å². The first-order valence-electron chi connectivity index (χ1n) is 17.1. The molecule has 50 heavy (non-hydrogen) atoms. The summed E-state index contributed by atoms with van der Waals surface area (Å²) < 4.78 is 4.72. The van der Waals surface area contributed by atoms with E-state index in [4.69, 9.17) is 4.99 Å². The van der Waals surface area contributed by atoms with Crippen LogP contribution in [0.3, 0.4) is 0 Å². The van der Waals surface area contributed by atoms with Crippen molar-refractivity contribution < 1.29 is 0 Å². The molecule has 238 valence electrons. The summed E-state index contributed by atoms with van der Waals surface area (Å²) in [5.74, 6) is 0.869. The lowest BCUT2D eigenvalue weighted by atomic mass is 10.0. The number of rotatable bonds is 5. The highest BCUT2D eigenvalue weighted by atomic mass is 15.4. The number of amidine groups is 1. The van der Waals surface area contributed by atoms with Gasteiger partial charge in [-0.15, -0.1) is 0 Å². The molecular weight excluding hydrogens is 611 g/mol. The maximum Gasteiger partial charge on any atom is 0.184 e. The van der Waals surface area contributed by atoms with Crippen molar-refractivity contribution in [1.82, 2.24) is 19.8 Å². The second-order valence-electron chi connectivity index (χ2n) is 12.9. The van der Waals surface area contributed by atoms with Gasteiger partial charge in [-0.2, -0.15) is 0 Å². The summed E-state index contributed by atoms with van der Waals surface area (Å²) in [6.45, 7) is 0. The van der Waals surface area contributed by atoms with Gasteiger partial charge in [0.2, 0.25) is 0 Å². The molecule has 9 aromatic rings. The fourth-order valence-corrected chi connectivity index (χ4v) is 7.69. The molecular formula is C45H33N5. The van der Waals surface area contributed by atoms with Crippen LogP contribution in [0.4, 0.5) is 0 Å². The Morgan fingerprint density at radius 2 is 0.960 bits per heavy atom. The van der Waals surface area contributed by atoms with Crippen LogP contribution in [0.2, 0.25) is 0 Å². The van der Waals surface area contributed by atoms with Gasteiger partial charge in [0.05, 0.1) is 22.1 Å². The van der Waals surface area contributed by atoms with E-state index in [-0.39, 0.29) is 12.5 Å². The number of hydrogen-bond donors (Lipinski definition) is 2. The topological polar surface area (TPSA) is 46.3 Å². The second kappa shape index (κ2) is 11.6. The maximum atomic E-state index is 5.30. The molecule has 0 saturated carbocycles. The van der Waals surface area contributed by atoms with E-state index in [0.29, 0.717) is 0 Å². The molecule has 0 aliphatic carbocycles. The number of hydrogen-bond acceptors (Lipinski definition) is 3. The minimum Gasteiger partial charge on any atom is -0.350 e. The van der Waals surface area contributed by atoms with E-state index in [1.807, 2.05) is 6.07 Å². The summed E-state index contributed by atoms with van der Waals surface area (Å²) in [6, 6.07) is 62.7. The number of nitrogens with zero attached hydrogens (tertiary/aromatic N) is 3. The number of aromatic nitrogens is 2. The fraction of sp³-hybridized carbons (Fsp3) is 0.0444. The highest BCUT2D eigenvalue weighted by molar-refractivity contribution is 6.12. The lowest BCUT2D eigenvalue weighted by Crippen LogP contribution is -2.46. The Morgan fingerprint density at radius 1 is 0.440 bits per heavy atom. The largest absolute Gasteiger partial charge is 0.350 e. The normalized spacial score (nSPS) is 16.2. The van der Waals surface area contributed by atoms with Crippen molar-refractivity contribution in [2.24, 2.45) is 4.99 Å². The van der Waals surface area contributed by atoms with Gasteiger partial charge in [-0.25, -0.2) is 4.99 Å². The molecule has 3 heterocycles. The van der Waals surface area contributed by atoms with Crippen LogP contribution in [0.15, 0.2) is 181 Å². The average Bonchev–Trinajstić information content (AvgIpc) is 3.71. The van der Waals surface area contributed by atoms with Crippen molar-refractivity contribution in [3.63, 3.8) is 0 Å². The van der Waals surface area contributed by atoms with Crippen molar-refractivity contribution in [3.8, 4) is 16.8 Å². The van der Waals surface area contributed by atoms with E-state index in [0.717, 1.165) is 28.0 Å². The molecule has 2 unspecified atom stereocenters. The van der Waals surface area contributed by atoms with Gasteiger partial charge < -0.3 is 14.5 Å². The molecule has 0 radical (unpaired) electrons. The van der Waals surface area contributed by atoms with E-state index in [9.17, 15) is 0 Å². The van der Waals surface area contributed by atoms with Gasteiger partial charge in [0, 0.05) is 32.8 Å². The third kappa shape index (κ3) is 4.63. The number of para-hydroxylation sites is 3. The van der Waals surface area contributed by atoms with E-state index >= 15 is 0 Å². The van der Waals surface area contributed by atoms with Gasteiger partial charge >= 0.3 is 0 Å². The highest BCUT2D eigenvalue weighted by Crippen LogP contribution is 2.38. The van der Waals surface area contributed by atoms with E-state index in [2.05, 4.69) is 190 Å². The van der Waals surface area contributed by atoms with Gasteiger partial charge in [-0.1, -0.05) is 127 Å². The van der Waals surface area contributed by atoms with E-state index in [1.165, 1.54) is 49.4 Å². The van der Waals surface area contributed by atoms with E-state index in [1.54, 1.807) is 0 Å². The standard InChI is InChI=1S/C45H33N5/c1-4-14-30(15-5-1)43-46-44(31-16-6-2-7-17-31)48-45(47-43)50-40-23-13-11-21-36(40)38-29-33(25-27-42(38)50)32-24-26-41-37(28-32)35-20-10-12-22-39(35)49(41)34-18-8-3-9-19-34/h1-29,43,45,47H,(H,46,48). The Morgan fingerprint density at radius 3 is 1.68 bits per heavy atom. The number of benzene rings is 7. The molecule has 2 N–H and O–H groups in total. The van der Waals surface area contributed by atoms with Gasteiger partial charge in [0.1, 0.15) is 12.0 Å². The summed E-state index contributed by atoms with van der Waals surface area (Å²) in [7, 11) is 0. The van der Waals surface area contributed by atoms with Gasteiger partial charge in [-0.05, 0) is 65.2 Å². The van der Waals surface area contributed by atoms with Crippen LogP contribution in [-0.2, 0) is 0 Å². The minimum atomic E-state index is -0.328. The summed E-state index contributed by atoms with van der Waals surface area (Å²) in [5.41, 5.74) is 10.5. The zero-order chi connectivity index (χ0) is 33.0. The van der Waals surface area contributed by atoms with Gasteiger partial charge in [0.15, 0.2) is 6.29 Å². The zero-order valence-corrected chi connectivity index (χ0v) is 27.2. The highest BCUT2D eigenvalue weighted by Gasteiger charge is 2.27. The number of aliphatic imine (C=N–C) groups is 1. The van der Waals surface area contributed by atoms with Gasteiger partial charge in [-0.3, -0.25) is 5.32 Å². The first-order valence-corrected chi connectivity index (χ1v) is 17.1.